The smallest absolute Gasteiger partial charge is 0.225 e. The van der Waals surface area contributed by atoms with E-state index in [4.69, 9.17) is 0 Å². The Morgan fingerprint density at radius 1 is 1.20 bits per heavy atom. The Balaban J connectivity index is 1.85. The van der Waals surface area contributed by atoms with Crippen LogP contribution in [0.4, 0.5) is 0 Å². The highest BCUT2D eigenvalue weighted by atomic mass is 16.3. The summed E-state index contributed by atoms with van der Waals surface area (Å²) in [5, 5.41) is 15.9. The fraction of sp³-hybridized carbons (Fsp3) is 0.400. The van der Waals surface area contributed by atoms with Gasteiger partial charge in [0.1, 0.15) is 0 Å². The van der Waals surface area contributed by atoms with Crippen molar-refractivity contribution in [2.24, 2.45) is 5.92 Å². The highest BCUT2D eigenvalue weighted by Crippen LogP contribution is 2.34. The van der Waals surface area contributed by atoms with E-state index in [1.165, 1.54) is 22.2 Å². The average Bonchev–Trinajstić information content (AvgIpc) is 3.00. The molecule has 0 saturated heterocycles. The number of rotatable bonds is 5. The van der Waals surface area contributed by atoms with Crippen LogP contribution in [-0.2, 0) is 30.0 Å². The van der Waals surface area contributed by atoms with Gasteiger partial charge in [-0.2, -0.15) is 0 Å². The number of carbonyl (C=O) groups is 1. The van der Waals surface area contributed by atoms with E-state index in [0.29, 0.717) is 5.56 Å². The summed E-state index contributed by atoms with van der Waals surface area (Å²) in [6.45, 7) is 7.93. The number of aromatic nitrogens is 1. The van der Waals surface area contributed by atoms with Gasteiger partial charge >= 0.3 is 0 Å². The molecular formula is C25H31N3O2. The van der Waals surface area contributed by atoms with Crippen molar-refractivity contribution in [1.29, 1.82) is 0 Å². The highest BCUT2D eigenvalue weighted by molar-refractivity contribution is 5.86. The monoisotopic (exact) mass is 405 g/mol. The summed E-state index contributed by atoms with van der Waals surface area (Å²) in [4.78, 5) is 14.9. The third-order valence-electron chi connectivity index (χ3n) is 6.09. The van der Waals surface area contributed by atoms with E-state index in [2.05, 4.69) is 47.0 Å². The molecule has 158 valence electrons. The molecule has 1 aliphatic heterocycles. The zero-order valence-corrected chi connectivity index (χ0v) is 18.3. The number of aliphatic hydroxyl groups is 1. The number of nitrogens with zero attached hydrogens (tertiary/aromatic N) is 2. The van der Waals surface area contributed by atoms with Crippen molar-refractivity contribution in [2.75, 3.05) is 13.6 Å². The van der Waals surface area contributed by atoms with Gasteiger partial charge in [0, 0.05) is 47.6 Å². The van der Waals surface area contributed by atoms with Crippen molar-refractivity contribution >= 4 is 16.8 Å². The van der Waals surface area contributed by atoms with Crippen LogP contribution in [0.5, 0.6) is 0 Å². The maximum absolute atomic E-state index is 12.6. The lowest BCUT2D eigenvalue weighted by Gasteiger charge is -2.33. The Hall–Kier alpha value is -2.63. The lowest BCUT2D eigenvalue weighted by atomic mass is 10.0. The van der Waals surface area contributed by atoms with E-state index in [1.54, 1.807) is 0 Å². The Labute approximate surface area is 178 Å². The Morgan fingerprint density at radius 2 is 1.93 bits per heavy atom. The number of hydrogen-bond acceptors (Lipinski definition) is 3. The first-order chi connectivity index (χ1) is 14.3. The number of likely N-dealkylation sites (N-methyl/N-ethyl adjacent to an activating group) is 1. The molecule has 1 atom stereocenters. The Kier molecular flexibility index (Phi) is 5.43. The van der Waals surface area contributed by atoms with Gasteiger partial charge in [0.25, 0.3) is 0 Å². The van der Waals surface area contributed by atoms with Crippen LogP contribution >= 0.6 is 0 Å². The third kappa shape index (κ3) is 3.75. The van der Waals surface area contributed by atoms with Crippen LogP contribution in [0.2, 0.25) is 0 Å². The van der Waals surface area contributed by atoms with Gasteiger partial charge in [0.2, 0.25) is 5.91 Å². The van der Waals surface area contributed by atoms with Crippen molar-refractivity contribution in [2.45, 2.75) is 46.0 Å². The van der Waals surface area contributed by atoms with E-state index in [-0.39, 0.29) is 18.4 Å². The molecular weight excluding hydrogens is 374 g/mol. The minimum absolute atomic E-state index is 0.165. The summed E-state index contributed by atoms with van der Waals surface area (Å²) >= 11 is 0. The maximum Gasteiger partial charge on any atom is 0.225 e. The van der Waals surface area contributed by atoms with E-state index >= 15 is 0 Å². The van der Waals surface area contributed by atoms with Crippen molar-refractivity contribution < 1.29 is 9.90 Å². The summed E-state index contributed by atoms with van der Waals surface area (Å²) in [7, 11) is 2.14. The normalized spacial score (nSPS) is 16.5. The van der Waals surface area contributed by atoms with Crippen LogP contribution in [0.3, 0.4) is 0 Å². The standard InChI is InChI=1S/C25H31N3O2/c1-17(2)24(29)26-25(30,19-8-6-5-7-9-19)16-28-22-11-10-18(3)14-20(22)21-15-27(4)13-12-23(21)28/h5-11,14,17,30H,12-13,15-16H2,1-4H3,(H,26,29). The molecule has 1 aliphatic rings. The van der Waals surface area contributed by atoms with Gasteiger partial charge in [-0.3, -0.25) is 4.79 Å². The summed E-state index contributed by atoms with van der Waals surface area (Å²) in [5.74, 6) is -0.380. The average molecular weight is 406 g/mol. The van der Waals surface area contributed by atoms with Crippen LogP contribution in [0, 0.1) is 12.8 Å². The number of benzene rings is 2. The largest absolute Gasteiger partial charge is 0.365 e. The molecule has 0 spiro atoms. The molecule has 5 nitrogen and oxygen atoms in total. The second-order valence-electron chi connectivity index (χ2n) is 8.89. The first-order valence-corrected chi connectivity index (χ1v) is 10.7. The van der Waals surface area contributed by atoms with Crippen molar-refractivity contribution in [3.8, 4) is 0 Å². The predicted octanol–water partition coefficient (Wildman–Crippen LogP) is 3.56. The molecule has 1 aromatic heterocycles. The summed E-state index contributed by atoms with van der Waals surface area (Å²) in [6, 6.07) is 15.9. The molecule has 1 amide bonds. The molecule has 4 rings (SSSR count). The van der Waals surface area contributed by atoms with E-state index < -0.39 is 5.72 Å². The molecule has 0 saturated carbocycles. The zero-order valence-electron chi connectivity index (χ0n) is 18.3. The number of amides is 1. The minimum Gasteiger partial charge on any atom is -0.365 e. The minimum atomic E-state index is -1.49. The van der Waals surface area contributed by atoms with E-state index in [1.807, 2.05) is 44.2 Å². The molecule has 0 radical (unpaired) electrons. The molecule has 2 heterocycles. The number of aryl methyl sites for hydroxylation is 1. The molecule has 5 heteroatoms. The third-order valence-corrected chi connectivity index (χ3v) is 6.09. The molecule has 1 unspecified atom stereocenters. The fourth-order valence-electron chi connectivity index (χ4n) is 4.37. The Bertz CT molecular complexity index is 1070. The molecule has 30 heavy (non-hydrogen) atoms. The first kappa shape index (κ1) is 20.6. The molecule has 2 aromatic carbocycles. The van der Waals surface area contributed by atoms with Gasteiger partial charge in [-0.15, -0.1) is 0 Å². The second-order valence-corrected chi connectivity index (χ2v) is 8.89. The number of hydrogen-bond donors (Lipinski definition) is 2. The molecule has 3 aromatic rings. The predicted molar refractivity (Wildman–Crippen MR) is 120 cm³/mol. The maximum atomic E-state index is 12.6. The second kappa shape index (κ2) is 7.89. The van der Waals surface area contributed by atoms with Gasteiger partial charge in [-0.25, -0.2) is 0 Å². The number of fused-ring (bicyclic) bond motifs is 3. The van der Waals surface area contributed by atoms with Crippen molar-refractivity contribution in [3.63, 3.8) is 0 Å². The van der Waals surface area contributed by atoms with E-state index in [9.17, 15) is 9.90 Å². The van der Waals surface area contributed by atoms with Gasteiger partial charge in [-0.05, 0) is 31.7 Å². The van der Waals surface area contributed by atoms with E-state index in [0.717, 1.165) is 25.0 Å². The van der Waals surface area contributed by atoms with Gasteiger partial charge < -0.3 is 19.9 Å². The molecule has 0 fully saturated rings. The van der Waals surface area contributed by atoms with Crippen LogP contribution in [0.1, 0.15) is 36.2 Å². The van der Waals surface area contributed by atoms with Gasteiger partial charge in [0.05, 0.1) is 6.54 Å². The molecule has 0 bridgehead atoms. The summed E-state index contributed by atoms with van der Waals surface area (Å²) in [5.41, 5.74) is 4.11. The number of nitrogens with one attached hydrogen (secondary N) is 1. The zero-order chi connectivity index (χ0) is 21.5. The van der Waals surface area contributed by atoms with Gasteiger partial charge in [-0.1, -0.05) is 55.8 Å². The molecule has 2 N–H and O–H groups in total. The fourth-order valence-corrected chi connectivity index (χ4v) is 4.37. The quantitative estimate of drug-likeness (QED) is 0.638. The van der Waals surface area contributed by atoms with Crippen LogP contribution in [-0.4, -0.2) is 34.1 Å². The van der Waals surface area contributed by atoms with Crippen molar-refractivity contribution in [1.82, 2.24) is 14.8 Å². The van der Waals surface area contributed by atoms with Crippen LogP contribution < -0.4 is 5.32 Å². The number of carbonyl (C=O) groups excluding carboxylic acids is 1. The van der Waals surface area contributed by atoms with Crippen LogP contribution in [0.15, 0.2) is 48.5 Å². The lowest BCUT2D eigenvalue weighted by Crippen LogP contribution is -2.50. The van der Waals surface area contributed by atoms with Crippen LogP contribution in [0.25, 0.3) is 10.9 Å². The summed E-state index contributed by atoms with van der Waals surface area (Å²) in [6.07, 6.45) is 0.919. The summed E-state index contributed by atoms with van der Waals surface area (Å²) < 4.78 is 2.21. The topological polar surface area (TPSA) is 57.5 Å². The first-order valence-electron chi connectivity index (χ1n) is 10.7. The Morgan fingerprint density at radius 3 is 2.63 bits per heavy atom. The molecule has 0 aliphatic carbocycles. The SMILES string of the molecule is Cc1ccc2c(c1)c1c(n2CC(O)(NC(=O)C(C)C)c2ccccc2)CCN(C)C1. The lowest BCUT2D eigenvalue weighted by molar-refractivity contribution is -0.133. The van der Waals surface area contributed by atoms with Gasteiger partial charge in [0.15, 0.2) is 5.72 Å². The van der Waals surface area contributed by atoms with Crippen molar-refractivity contribution in [3.05, 3.63) is 70.9 Å². The highest BCUT2D eigenvalue weighted by Gasteiger charge is 2.35.